The standard InChI is InChI=1S/C20H22BrN3O3S/c21-16-8-7-11-18(14-16)24(28(26,27)19-12-5-2-6-13-19)15-20(25)23-22-17-9-3-1-4-10-17/h2,5-8,11-14H,1,3-4,9-10,15H2,(H,23,25). The van der Waals surface area contributed by atoms with Crippen LogP contribution in [0.2, 0.25) is 0 Å². The molecule has 28 heavy (non-hydrogen) atoms. The number of anilines is 1. The smallest absolute Gasteiger partial charge is 0.264 e. The lowest BCUT2D eigenvalue weighted by atomic mass is 9.99. The van der Waals surface area contributed by atoms with E-state index in [9.17, 15) is 13.2 Å². The van der Waals surface area contributed by atoms with Crippen molar-refractivity contribution in [2.75, 3.05) is 10.8 Å². The number of sulfonamides is 1. The second-order valence-corrected chi connectivity index (χ2v) is 9.36. The van der Waals surface area contributed by atoms with Crippen LogP contribution in [0.5, 0.6) is 0 Å². The van der Waals surface area contributed by atoms with E-state index < -0.39 is 15.9 Å². The van der Waals surface area contributed by atoms with Gasteiger partial charge in [0.1, 0.15) is 6.54 Å². The van der Waals surface area contributed by atoms with E-state index in [1.165, 1.54) is 18.6 Å². The summed E-state index contributed by atoms with van der Waals surface area (Å²) in [5, 5.41) is 4.19. The molecule has 0 heterocycles. The van der Waals surface area contributed by atoms with Crippen LogP contribution < -0.4 is 9.73 Å². The van der Waals surface area contributed by atoms with Crippen LogP contribution >= 0.6 is 15.9 Å². The zero-order valence-electron chi connectivity index (χ0n) is 15.3. The van der Waals surface area contributed by atoms with Crippen molar-refractivity contribution < 1.29 is 13.2 Å². The predicted molar refractivity (Wildman–Crippen MR) is 114 cm³/mol. The number of rotatable bonds is 6. The van der Waals surface area contributed by atoms with Gasteiger partial charge in [-0.3, -0.25) is 9.10 Å². The van der Waals surface area contributed by atoms with Gasteiger partial charge in [-0.15, -0.1) is 0 Å². The molecule has 3 rings (SSSR count). The third-order valence-electron chi connectivity index (χ3n) is 4.48. The number of hydrogen-bond acceptors (Lipinski definition) is 4. The van der Waals surface area contributed by atoms with Crippen molar-refractivity contribution in [2.45, 2.75) is 37.0 Å². The zero-order chi connectivity index (χ0) is 20.0. The molecule has 148 valence electrons. The minimum Gasteiger partial charge on any atom is -0.271 e. The molecule has 1 aliphatic carbocycles. The normalized spacial score (nSPS) is 14.4. The maximum Gasteiger partial charge on any atom is 0.264 e. The molecule has 0 atom stereocenters. The van der Waals surface area contributed by atoms with Crippen molar-refractivity contribution >= 4 is 43.3 Å². The molecule has 0 bridgehead atoms. The summed E-state index contributed by atoms with van der Waals surface area (Å²) in [7, 11) is -3.91. The summed E-state index contributed by atoms with van der Waals surface area (Å²) in [6.07, 6.45) is 5.07. The Balaban J connectivity index is 1.85. The third kappa shape index (κ3) is 5.20. The van der Waals surface area contributed by atoms with E-state index in [1.54, 1.807) is 42.5 Å². The first-order valence-corrected chi connectivity index (χ1v) is 11.4. The Morgan fingerprint density at radius 2 is 1.75 bits per heavy atom. The zero-order valence-corrected chi connectivity index (χ0v) is 17.7. The van der Waals surface area contributed by atoms with Gasteiger partial charge in [0, 0.05) is 10.2 Å². The summed E-state index contributed by atoms with van der Waals surface area (Å²) < 4.78 is 28.2. The van der Waals surface area contributed by atoms with E-state index in [4.69, 9.17) is 0 Å². The van der Waals surface area contributed by atoms with Gasteiger partial charge in [-0.2, -0.15) is 5.10 Å². The Bertz CT molecular complexity index is 954. The number of carbonyl (C=O) groups excluding carboxylic acids is 1. The molecule has 0 unspecified atom stereocenters. The first-order valence-electron chi connectivity index (χ1n) is 9.14. The number of carbonyl (C=O) groups is 1. The molecule has 2 aromatic rings. The van der Waals surface area contributed by atoms with Crippen LogP contribution in [0.3, 0.4) is 0 Å². The number of nitrogens with one attached hydrogen (secondary N) is 1. The fraction of sp³-hybridized carbons (Fsp3) is 0.300. The molecule has 1 aliphatic rings. The second kappa shape index (κ2) is 9.34. The lowest BCUT2D eigenvalue weighted by Crippen LogP contribution is -2.39. The summed E-state index contributed by atoms with van der Waals surface area (Å²) in [5.41, 5.74) is 3.88. The minimum absolute atomic E-state index is 0.126. The number of amides is 1. The van der Waals surface area contributed by atoms with Crippen LogP contribution in [0.15, 0.2) is 69.1 Å². The highest BCUT2D eigenvalue weighted by molar-refractivity contribution is 9.10. The fourth-order valence-electron chi connectivity index (χ4n) is 3.04. The number of halogens is 1. The lowest BCUT2D eigenvalue weighted by Gasteiger charge is -2.24. The highest BCUT2D eigenvalue weighted by Gasteiger charge is 2.27. The number of hydrogen-bond donors (Lipinski definition) is 1. The Labute approximate surface area is 173 Å². The van der Waals surface area contributed by atoms with Crippen molar-refractivity contribution in [3.8, 4) is 0 Å². The number of nitrogens with zero attached hydrogens (tertiary/aromatic N) is 2. The molecule has 1 saturated carbocycles. The molecule has 0 saturated heterocycles. The molecular formula is C20H22BrN3O3S. The van der Waals surface area contributed by atoms with Crippen molar-refractivity contribution in [3.05, 3.63) is 59.1 Å². The van der Waals surface area contributed by atoms with Crippen LogP contribution in [0, 0.1) is 0 Å². The van der Waals surface area contributed by atoms with E-state index in [1.807, 2.05) is 0 Å². The molecular weight excluding hydrogens is 442 g/mol. The topological polar surface area (TPSA) is 78.8 Å². The van der Waals surface area contributed by atoms with Crippen molar-refractivity contribution in [1.29, 1.82) is 0 Å². The van der Waals surface area contributed by atoms with Gasteiger partial charge in [-0.05, 0) is 56.0 Å². The summed E-state index contributed by atoms with van der Waals surface area (Å²) >= 11 is 3.36. The van der Waals surface area contributed by atoms with Gasteiger partial charge in [0.25, 0.3) is 15.9 Å². The molecule has 0 spiro atoms. The van der Waals surface area contributed by atoms with Gasteiger partial charge >= 0.3 is 0 Å². The minimum atomic E-state index is -3.91. The highest BCUT2D eigenvalue weighted by Crippen LogP contribution is 2.26. The molecule has 0 aliphatic heterocycles. The first-order chi connectivity index (χ1) is 13.5. The average Bonchev–Trinajstić information content (AvgIpc) is 2.72. The average molecular weight is 464 g/mol. The Hall–Kier alpha value is -2.19. The SMILES string of the molecule is O=C(CN(c1cccc(Br)c1)S(=O)(=O)c1ccccc1)NN=C1CCCCC1. The van der Waals surface area contributed by atoms with E-state index in [0.29, 0.717) is 5.69 Å². The molecule has 1 amide bonds. The second-order valence-electron chi connectivity index (χ2n) is 6.58. The summed E-state index contributed by atoms with van der Waals surface area (Å²) in [6.45, 7) is -0.357. The molecule has 2 aromatic carbocycles. The van der Waals surface area contributed by atoms with Gasteiger partial charge in [0.2, 0.25) is 0 Å². The van der Waals surface area contributed by atoms with Gasteiger partial charge in [0.05, 0.1) is 10.6 Å². The summed E-state index contributed by atoms with van der Waals surface area (Å²) in [6, 6.07) is 14.9. The Morgan fingerprint density at radius 3 is 2.43 bits per heavy atom. The summed E-state index contributed by atoms with van der Waals surface area (Å²) in [5.74, 6) is -0.474. The van der Waals surface area contributed by atoms with Crippen LogP contribution in [0.1, 0.15) is 32.1 Å². The molecule has 8 heteroatoms. The van der Waals surface area contributed by atoms with Gasteiger partial charge in [-0.25, -0.2) is 13.8 Å². The van der Waals surface area contributed by atoms with Gasteiger partial charge < -0.3 is 0 Å². The van der Waals surface area contributed by atoms with E-state index >= 15 is 0 Å². The largest absolute Gasteiger partial charge is 0.271 e. The van der Waals surface area contributed by atoms with Gasteiger partial charge in [0.15, 0.2) is 0 Å². The molecule has 0 radical (unpaired) electrons. The van der Waals surface area contributed by atoms with Crippen molar-refractivity contribution in [3.63, 3.8) is 0 Å². The van der Waals surface area contributed by atoms with Crippen molar-refractivity contribution in [2.24, 2.45) is 5.10 Å². The quantitative estimate of drug-likeness (QED) is 0.655. The maximum atomic E-state index is 13.2. The van der Waals surface area contributed by atoms with Crippen molar-refractivity contribution in [1.82, 2.24) is 5.43 Å². The summed E-state index contributed by atoms with van der Waals surface area (Å²) in [4.78, 5) is 12.6. The fourth-order valence-corrected chi connectivity index (χ4v) is 4.87. The predicted octanol–water partition coefficient (Wildman–Crippen LogP) is 4.08. The highest BCUT2D eigenvalue weighted by atomic mass is 79.9. The van der Waals surface area contributed by atoms with E-state index in [2.05, 4.69) is 26.5 Å². The maximum absolute atomic E-state index is 13.2. The van der Waals surface area contributed by atoms with Crippen LogP contribution in [-0.2, 0) is 14.8 Å². The monoisotopic (exact) mass is 463 g/mol. The van der Waals surface area contributed by atoms with E-state index in [0.717, 1.165) is 40.2 Å². The Morgan fingerprint density at radius 1 is 1.04 bits per heavy atom. The van der Waals surface area contributed by atoms with Crippen LogP contribution in [0.25, 0.3) is 0 Å². The molecule has 1 fully saturated rings. The first kappa shape index (κ1) is 20.5. The third-order valence-corrected chi connectivity index (χ3v) is 6.77. The lowest BCUT2D eigenvalue weighted by molar-refractivity contribution is -0.119. The number of benzene rings is 2. The molecule has 6 nitrogen and oxygen atoms in total. The van der Waals surface area contributed by atoms with E-state index in [-0.39, 0.29) is 11.4 Å². The van der Waals surface area contributed by atoms with Crippen LogP contribution in [0.4, 0.5) is 5.69 Å². The Kier molecular flexibility index (Phi) is 6.85. The molecule has 1 N–H and O–H groups in total. The van der Waals surface area contributed by atoms with Gasteiger partial charge in [-0.1, -0.05) is 46.6 Å². The molecule has 0 aromatic heterocycles. The van der Waals surface area contributed by atoms with Crippen LogP contribution in [-0.4, -0.2) is 26.6 Å². The number of hydrazone groups is 1.